The normalized spacial score (nSPS) is 18.2. The fourth-order valence-electron chi connectivity index (χ4n) is 5.67. The fourth-order valence-corrected chi connectivity index (χ4v) is 5.67. The molecule has 2 fully saturated rings. The second kappa shape index (κ2) is 11.2. The van der Waals surface area contributed by atoms with Gasteiger partial charge in [-0.05, 0) is 118 Å². The van der Waals surface area contributed by atoms with Gasteiger partial charge in [0.15, 0.2) is 5.78 Å². The second-order valence-electron chi connectivity index (χ2n) is 10.9. The summed E-state index contributed by atoms with van der Waals surface area (Å²) in [5.74, 6) is 0.921. The highest BCUT2D eigenvalue weighted by atomic mass is 16.5. The molecule has 2 atom stereocenters. The summed E-state index contributed by atoms with van der Waals surface area (Å²) in [6.45, 7) is 3.11. The van der Waals surface area contributed by atoms with Crippen molar-refractivity contribution in [2.75, 3.05) is 6.54 Å². The van der Waals surface area contributed by atoms with E-state index in [1.54, 1.807) is 36.4 Å². The highest BCUT2D eigenvalue weighted by molar-refractivity contribution is 6.16. The largest absolute Gasteiger partial charge is 0.508 e. The molecule has 0 amide bonds. The third-order valence-electron chi connectivity index (χ3n) is 8.19. The lowest BCUT2D eigenvalue weighted by Gasteiger charge is -2.29. The number of hydrogen-bond donors (Lipinski definition) is 3. The van der Waals surface area contributed by atoms with Crippen LogP contribution in [0.3, 0.4) is 0 Å². The minimum Gasteiger partial charge on any atom is -0.508 e. The molecule has 0 radical (unpaired) electrons. The average Bonchev–Trinajstić information content (AvgIpc) is 3.33. The molecule has 4 aromatic rings. The predicted octanol–water partition coefficient (Wildman–Crippen LogP) is 6.49. The maximum absolute atomic E-state index is 14.3. The van der Waals surface area contributed by atoms with Crippen LogP contribution >= 0.6 is 0 Å². The number of carbonyl (C=O) groups is 1. The maximum Gasteiger partial charge on any atom is 0.197 e. The molecule has 1 aliphatic heterocycles. The lowest BCUT2D eigenvalue weighted by molar-refractivity contribution is 0.103. The van der Waals surface area contributed by atoms with Crippen LogP contribution in [0, 0.1) is 0 Å². The van der Waals surface area contributed by atoms with Crippen LogP contribution in [0.4, 0.5) is 0 Å². The molecule has 0 spiro atoms. The van der Waals surface area contributed by atoms with E-state index < -0.39 is 0 Å². The Morgan fingerprint density at radius 2 is 1.52 bits per heavy atom. The number of piperidine rings is 1. The number of aromatic hydroxyl groups is 2. The highest BCUT2D eigenvalue weighted by Crippen LogP contribution is 2.41. The maximum atomic E-state index is 14.3. The van der Waals surface area contributed by atoms with Crippen LogP contribution < -0.4 is 10.1 Å². The Morgan fingerprint density at radius 3 is 2.10 bits per heavy atom. The van der Waals surface area contributed by atoms with E-state index in [1.807, 2.05) is 41.1 Å². The first-order valence-corrected chi connectivity index (χ1v) is 14.2. The Bertz CT molecular complexity index is 1470. The molecule has 6 rings (SSSR count). The van der Waals surface area contributed by atoms with E-state index >= 15 is 0 Å². The van der Waals surface area contributed by atoms with E-state index in [9.17, 15) is 15.0 Å². The molecule has 1 aliphatic carbocycles. The van der Waals surface area contributed by atoms with E-state index in [-0.39, 0.29) is 29.4 Å². The summed E-state index contributed by atoms with van der Waals surface area (Å²) in [6, 6.07) is 21.6. The van der Waals surface area contributed by atoms with Gasteiger partial charge in [-0.3, -0.25) is 9.48 Å². The van der Waals surface area contributed by atoms with Crippen molar-refractivity contribution in [3.63, 3.8) is 0 Å². The first-order valence-electron chi connectivity index (χ1n) is 14.2. The number of hydrogen-bond acceptors (Lipinski definition) is 6. The zero-order chi connectivity index (χ0) is 27.6. The predicted molar refractivity (Wildman–Crippen MR) is 155 cm³/mol. The fraction of sp³-hybridized carbons (Fsp3) is 0.333. The summed E-state index contributed by atoms with van der Waals surface area (Å²) in [7, 11) is 0. The summed E-state index contributed by atoms with van der Waals surface area (Å²) in [4.78, 5) is 14.3. The third-order valence-corrected chi connectivity index (χ3v) is 8.19. The van der Waals surface area contributed by atoms with Crippen LogP contribution in [0.2, 0.25) is 0 Å². The van der Waals surface area contributed by atoms with Gasteiger partial charge >= 0.3 is 0 Å². The van der Waals surface area contributed by atoms with Crippen LogP contribution in [0.5, 0.6) is 17.2 Å². The number of ketones is 1. The number of rotatable bonds is 8. The molecule has 7 nitrogen and oxygen atoms in total. The lowest BCUT2D eigenvalue weighted by atomic mass is 9.91. The number of aromatic nitrogens is 2. The van der Waals surface area contributed by atoms with Gasteiger partial charge < -0.3 is 20.3 Å². The molecule has 3 aromatic carbocycles. The zero-order valence-electron chi connectivity index (χ0n) is 22.7. The van der Waals surface area contributed by atoms with Gasteiger partial charge in [-0.25, -0.2) is 0 Å². The van der Waals surface area contributed by atoms with Crippen LogP contribution in [0.15, 0.2) is 72.8 Å². The molecule has 2 unspecified atom stereocenters. The van der Waals surface area contributed by atoms with E-state index in [0.717, 1.165) is 54.8 Å². The van der Waals surface area contributed by atoms with Crippen LogP contribution in [-0.2, 0) is 0 Å². The van der Waals surface area contributed by atoms with Gasteiger partial charge in [0.25, 0.3) is 0 Å². The van der Waals surface area contributed by atoms with E-state index in [0.29, 0.717) is 22.9 Å². The standard InChI is InChI=1S/C33H35N3O4/c1-21(29-7-2-3-20-34-29)40-28-18-12-24(13-19-28)33(39)30-31(22-8-14-26(37)15-9-22)35-36(25-5-4-6-25)32(30)23-10-16-27(38)17-11-23/h8-19,21,25,29,34,37-38H,2-7,20H2,1H3. The number of phenolic OH excluding ortho intramolecular Hbond substituents is 2. The van der Waals surface area contributed by atoms with Crippen LogP contribution in [0.25, 0.3) is 22.5 Å². The van der Waals surface area contributed by atoms with E-state index in [2.05, 4.69) is 12.2 Å². The van der Waals surface area contributed by atoms with E-state index in [4.69, 9.17) is 9.84 Å². The molecule has 7 heteroatoms. The second-order valence-corrected chi connectivity index (χ2v) is 10.9. The Morgan fingerprint density at radius 1 is 0.875 bits per heavy atom. The van der Waals surface area contributed by atoms with Gasteiger partial charge in [0.2, 0.25) is 0 Å². The Labute approximate surface area is 234 Å². The molecule has 2 heterocycles. The van der Waals surface area contributed by atoms with E-state index in [1.165, 1.54) is 12.8 Å². The van der Waals surface area contributed by atoms with Crippen molar-refractivity contribution in [3.8, 4) is 39.8 Å². The molecule has 2 aliphatic rings. The van der Waals surface area contributed by atoms with Crippen molar-refractivity contribution < 1.29 is 19.7 Å². The number of ether oxygens (including phenoxy) is 1. The summed E-state index contributed by atoms with van der Waals surface area (Å²) in [6.07, 6.45) is 6.65. The van der Waals surface area contributed by atoms with Crippen LogP contribution in [0.1, 0.15) is 67.4 Å². The molecule has 206 valence electrons. The van der Waals surface area contributed by atoms with Crippen molar-refractivity contribution in [3.05, 3.63) is 83.9 Å². The summed E-state index contributed by atoms with van der Waals surface area (Å²) in [5, 5.41) is 28.4. The van der Waals surface area contributed by atoms with Gasteiger partial charge in [0.1, 0.15) is 29.0 Å². The van der Waals surface area contributed by atoms with Crippen molar-refractivity contribution >= 4 is 5.78 Å². The molecule has 3 N–H and O–H groups in total. The molecule has 1 saturated heterocycles. The van der Waals surface area contributed by atoms with Gasteiger partial charge in [-0.2, -0.15) is 5.10 Å². The SMILES string of the molecule is CC(Oc1ccc(C(=O)c2c(-c3ccc(O)cc3)nn(C3CCC3)c2-c2ccc(O)cc2)cc1)C1CCCCN1. The molecule has 1 saturated carbocycles. The van der Waals surface area contributed by atoms with Gasteiger partial charge in [-0.15, -0.1) is 0 Å². The topological polar surface area (TPSA) is 96.6 Å². The lowest BCUT2D eigenvalue weighted by Crippen LogP contribution is -2.44. The number of nitrogens with zero attached hydrogens (tertiary/aromatic N) is 2. The molecular formula is C33H35N3O4. The molecule has 1 aromatic heterocycles. The summed E-state index contributed by atoms with van der Waals surface area (Å²) in [5.41, 5.74) is 3.96. The minimum atomic E-state index is -0.134. The first kappa shape index (κ1) is 26.1. The quantitative estimate of drug-likeness (QED) is 0.222. The summed E-state index contributed by atoms with van der Waals surface area (Å²) < 4.78 is 8.21. The third kappa shape index (κ3) is 5.21. The van der Waals surface area contributed by atoms with Crippen molar-refractivity contribution in [1.29, 1.82) is 0 Å². The Hall–Kier alpha value is -4.10. The highest BCUT2D eigenvalue weighted by Gasteiger charge is 2.32. The molecular weight excluding hydrogens is 502 g/mol. The van der Waals surface area contributed by atoms with Gasteiger partial charge in [-0.1, -0.05) is 6.42 Å². The van der Waals surface area contributed by atoms with Crippen molar-refractivity contribution in [2.45, 2.75) is 63.6 Å². The monoisotopic (exact) mass is 537 g/mol. The van der Waals surface area contributed by atoms with Gasteiger partial charge in [0, 0.05) is 22.7 Å². The van der Waals surface area contributed by atoms with Crippen LogP contribution in [-0.4, -0.2) is 44.5 Å². The number of phenols is 2. The summed E-state index contributed by atoms with van der Waals surface area (Å²) >= 11 is 0. The van der Waals surface area contributed by atoms with Gasteiger partial charge in [0.05, 0.1) is 17.3 Å². The first-order chi connectivity index (χ1) is 19.5. The van der Waals surface area contributed by atoms with Crippen molar-refractivity contribution in [1.82, 2.24) is 15.1 Å². The minimum absolute atomic E-state index is 0.0322. The Kier molecular flexibility index (Phi) is 7.30. The smallest absolute Gasteiger partial charge is 0.197 e. The average molecular weight is 538 g/mol. The molecule has 0 bridgehead atoms. The number of benzene rings is 3. The number of nitrogens with one attached hydrogen (secondary N) is 1. The number of carbonyl (C=O) groups excluding carboxylic acids is 1. The zero-order valence-corrected chi connectivity index (χ0v) is 22.7. The van der Waals surface area contributed by atoms with Crippen molar-refractivity contribution in [2.24, 2.45) is 0 Å². The Balaban J connectivity index is 1.39. The molecule has 40 heavy (non-hydrogen) atoms.